The molecular formula is C11H13N3O5S2. The number of ether oxygens (including phenoxy) is 1. The van der Waals surface area contributed by atoms with Crippen LogP contribution >= 0.6 is 0 Å². The van der Waals surface area contributed by atoms with Crippen molar-refractivity contribution in [1.29, 1.82) is 0 Å². The highest BCUT2D eigenvalue weighted by Crippen LogP contribution is 2.17. The molecular weight excluding hydrogens is 318 g/mol. The predicted molar refractivity (Wildman–Crippen MR) is 74.1 cm³/mol. The Balaban J connectivity index is 2.35. The second-order valence-electron chi connectivity index (χ2n) is 4.33. The minimum absolute atomic E-state index is 0.000828. The van der Waals surface area contributed by atoms with Gasteiger partial charge in [0.1, 0.15) is 5.75 Å². The normalized spacial score (nSPS) is 12.3. The van der Waals surface area contributed by atoms with Gasteiger partial charge in [0.2, 0.25) is 0 Å². The van der Waals surface area contributed by atoms with Crippen molar-refractivity contribution in [3.8, 4) is 5.75 Å². The molecule has 0 aliphatic heterocycles. The highest BCUT2D eigenvalue weighted by atomic mass is 32.2. The van der Waals surface area contributed by atoms with Gasteiger partial charge in [0, 0.05) is 6.26 Å². The van der Waals surface area contributed by atoms with E-state index in [1.165, 1.54) is 31.4 Å². The fraction of sp³-hybridized carbons (Fsp3) is 0.273. The number of rotatable bonds is 5. The molecule has 0 unspecified atom stereocenters. The quantitative estimate of drug-likeness (QED) is 0.762. The molecule has 2 aromatic rings. The molecule has 0 radical (unpaired) electrons. The molecule has 1 aromatic heterocycles. The number of methoxy groups -OCH3 is 1. The first-order valence-electron chi connectivity index (χ1n) is 5.71. The number of sulfone groups is 1. The van der Waals surface area contributed by atoms with E-state index in [1.54, 1.807) is 0 Å². The fourth-order valence-corrected chi connectivity index (χ4v) is 3.35. The Labute approximate surface area is 122 Å². The Morgan fingerprint density at radius 2 is 1.76 bits per heavy atom. The fourth-order valence-electron chi connectivity index (χ4n) is 1.59. The van der Waals surface area contributed by atoms with Crippen LogP contribution in [0.5, 0.6) is 5.75 Å². The topological polar surface area (TPSA) is 108 Å². The van der Waals surface area contributed by atoms with Gasteiger partial charge < -0.3 is 4.74 Å². The van der Waals surface area contributed by atoms with Crippen LogP contribution in [0.1, 0.15) is 5.69 Å². The average molecular weight is 331 g/mol. The lowest BCUT2D eigenvalue weighted by Crippen LogP contribution is -2.13. The third-order valence-electron chi connectivity index (χ3n) is 2.53. The Hall–Kier alpha value is -1.94. The van der Waals surface area contributed by atoms with E-state index in [-0.39, 0.29) is 16.3 Å². The molecule has 1 heterocycles. The molecule has 0 aliphatic carbocycles. The van der Waals surface area contributed by atoms with E-state index in [9.17, 15) is 16.8 Å². The Morgan fingerprint density at radius 3 is 2.29 bits per heavy atom. The third-order valence-corrected chi connectivity index (χ3v) is 4.89. The minimum atomic E-state index is -3.91. The first kappa shape index (κ1) is 15.4. The molecule has 0 saturated heterocycles. The standard InChI is InChI=1S/C11H13N3O5S2/c1-19-10-3-5-11(6-4-10)21(17,18)14-7-9(12-13-14)8-20(2,15)16/h3-7H,8H2,1-2H3. The van der Waals surface area contributed by atoms with Crippen molar-refractivity contribution in [2.75, 3.05) is 13.4 Å². The van der Waals surface area contributed by atoms with Gasteiger partial charge in [-0.1, -0.05) is 5.21 Å². The van der Waals surface area contributed by atoms with E-state index < -0.39 is 19.9 Å². The zero-order valence-electron chi connectivity index (χ0n) is 11.3. The second kappa shape index (κ2) is 5.45. The van der Waals surface area contributed by atoms with Crippen molar-refractivity contribution in [2.45, 2.75) is 10.6 Å². The maximum atomic E-state index is 12.3. The van der Waals surface area contributed by atoms with E-state index in [4.69, 9.17) is 4.74 Å². The van der Waals surface area contributed by atoms with Crippen LogP contribution in [0.4, 0.5) is 0 Å². The zero-order chi connectivity index (χ0) is 15.7. The van der Waals surface area contributed by atoms with Crippen molar-refractivity contribution in [3.05, 3.63) is 36.2 Å². The first-order valence-corrected chi connectivity index (χ1v) is 9.21. The van der Waals surface area contributed by atoms with Crippen LogP contribution < -0.4 is 4.74 Å². The third kappa shape index (κ3) is 3.58. The number of aromatic nitrogens is 3. The molecule has 0 spiro atoms. The number of hydrogen-bond donors (Lipinski definition) is 0. The van der Waals surface area contributed by atoms with Crippen molar-refractivity contribution in [3.63, 3.8) is 0 Å². The van der Waals surface area contributed by atoms with Crippen LogP contribution in [0.3, 0.4) is 0 Å². The Kier molecular flexibility index (Phi) is 4.01. The summed E-state index contributed by atoms with van der Waals surface area (Å²) in [5.41, 5.74) is 0.0644. The van der Waals surface area contributed by atoms with Gasteiger partial charge in [0.15, 0.2) is 9.84 Å². The summed E-state index contributed by atoms with van der Waals surface area (Å²) in [5, 5.41) is 7.03. The van der Waals surface area contributed by atoms with Gasteiger partial charge in [-0.05, 0) is 24.3 Å². The molecule has 8 nitrogen and oxygen atoms in total. The van der Waals surface area contributed by atoms with Crippen LogP contribution in [0.15, 0.2) is 35.4 Å². The van der Waals surface area contributed by atoms with Gasteiger partial charge in [-0.2, -0.15) is 8.42 Å². The molecule has 0 bridgehead atoms. The van der Waals surface area contributed by atoms with Crippen LogP contribution in [0, 0.1) is 0 Å². The van der Waals surface area contributed by atoms with Gasteiger partial charge >= 0.3 is 0 Å². The van der Waals surface area contributed by atoms with E-state index >= 15 is 0 Å². The Bertz CT molecular complexity index is 838. The molecule has 0 aliphatic rings. The lowest BCUT2D eigenvalue weighted by Gasteiger charge is -2.04. The zero-order valence-corrected chi connectivity index (χ0v) is 12.9. The van der Waals surface area contributed by atoms with Crippen LogP contribution in [-0.4, -0.2) is 44.6 Å². The molecule has 0 fully saturated rings. The first-order chi connectivity index (χ1) is 9.72. The predicted octanol–water partition coefficient (Wildman–Crippen LogP) is 0.0683. The summed E-state index contributed by atoms with van der Waals surface area (Å²) >= 11 is 0. The molecule has 0 N–H and O–H groups in total. The summed E-state index contributed by atoms with van der Waals surface area (Å²) in [6.45, 7) is 0. The summed E-state index contributed by atoms with van der Waals surface area (Å²) in [5.74, 6) is 0.149. The summed E-state index contributed by atoms with van der Waals surface area (Å²) in [4.78, 5) is -0.000828. The SMILES string of the molecule is COc1ccc(S(=O)(=O)n2cc(CS(C)(=O)=O)nn2)cc1. The van der Waals surface area contributed by atoms with Gasteiger partial charge in [-0.3, -0.25) is 0 Å². The number of hydrogen-bond acceptors (Lipinski definition) is 7. The lowest BCUT2D eigenvalue weighted by molar-refractivity contribution is 0.414. The average Bonchev–Trinajstić information content (AvgIpc) is 2.85. The highest BCUT2D eigenvalue weighted by molar-refractivity contribution is 7.90. The van der Waals surface area contributed by atoms with Crippen LogP contribution in [0.25, 0.3) is 0 Å². The van der Waals surface area contributed by atoms with E-state index in [1.807, 2.05) is 0 Å². The maximum absolute atomic E-state index is 12.3. The lowest BCUT2D eigenvalue weighted by atomic mass is 10.3. The van der Waals surface area contributed by atoms with Crippen LogP contribution in [-0.2, 0) is 25.6 Å². The van der Waals surface area contributed by atoms with Gasteiger partial charge in [0.25, 0.3) is 10.0 Å². The molecule has 2 rings (SSSR count). The molecule has 10 heteroatoms. The van der Waals surface area contributed by atoms with Crippen molar-refractivity contribution < 1.29 is 21.6 Å². The molecule has 0 atom stereocenters. The summed E-state index contributed by atoms with van der Waals surface area (Å²) < 4.78 is 52.5. The van der Waals surface area contributed by atoms with Gasteiger partial charge in [-0.25, -0.2) is 8.42 Å². The summed E-state index contributed by atoms with van der Waals surface area (Å²) in [6.07, 6.45) is 2.12. The largest absolute Gasteiger partial charge is 0.497 e. The highest BCUT2D eigenvalue weighted by Gasteiger charge is 2.20. The van der Waals surface area contributed by atoms with E-state index in [2.05, 4.69) is 10.3 Å². The molecule has 114 valence electrons. The maximum Gasteiger partial charge on any atom is 0.284 e. The number of benzene rings is 1. The Morgan fingerprint density at radius 1 is 1.14 bits per heavy atom. The van der Waals surface area contributed by atoms with Gasteiger partial charge in [-0.15, -0.1) is 9.19 Å². The minimum Gasteiger partial charge on any atom is -0.497 e. The van der Waals surface area contributed by atoms with Crippen molar-refractivity contribution >= 4 is 19.9 Å². The van der Waals surface area contributed by atoms with E-state index in [0.717, 1.165) is 12.5 Å². The van der Waals surface area contributed by atoms with Gasteiger partial charge in [0.05, 0.1) is 29.6 Å². The summed E-state index contributed by atoms with van der Waals surface area (Å²) in [7, 11) is -5.75. The number of nitrogens with zero attached hydrogens (tertiary/aromatic N) is 3. The molecule has 21 heavy (non-hydrogen) atoms. The monoisotopic (exact) mass is 331 g/mol. The smallest absolute Gasteiger partial charge is 0.284 e. The second-order valence-corrected chi connectivity index (χ2v) is 8.27. The van der Waals surface area contributed by atoms with Crippen molar-refractivity contribution in [2.24, 2.45) is 0 Å². The summed E-state index contributed by atoms with van der Waals surface area (Å²) in [6, 6.07) is 5.74. The van der Waals surface area contributed by atoms with Crippen molar-refractivity contribution in [1.82, 2.24) is 14.4 Å². The van der Waals surface area contributed by atoms with E-state index in [0.29, 0.717) is 9.84 Å². The van der Waals surface area contributed by atoms with Crippen LogP contribution in [0.2, 0.25) is 0 Å². The molecule has 1 aromatic carbocycles. The molecule has 0 amide bonds. The molecule has 0 saturated carbocycles.